The van der Waals surface area contributed by atoms with Crippen LogP contribution in [0.4, 0.5) is 13.2 Å². The number of aliphatic hydroxyl groups is 1. The number of carbonyl (C=O) groups excluding carboxylic acids is 1. The normalized spacial score (nSPS) is 15.3. The second-order valence-electron chi connectivity index (χ2n) is 9.21. The zero-order valence-corrected chi connectivity index (χ0v) is 20.2. The standard InChI is InChI=1S/C26H31F3N4O3/c1-31(16-19-9-11-21(12-10-19)36-15-5-14-32-13-4-8-24(32)35)17-20(34)18-33-23-7-3-2-6-22(23)30-25(33)26(27,28)29/h2-3,6-7,9-12,20,34H,4-5,8,13-18H2,1H3/t20-/m1/s1. The second kappa shape index (κ2) is 11.3. The summed E-state index contributed by atoms with van der Waals surface area (Å²) in [5.74, 6) is -0.0540. The first-order chi connectivity index (χ1) is 17.2. The number of alkyl halides is 3. The highest BCUT2D eigenvalue weighted by Gasteiger charge is 2.38. The molecule has 1 saturated heterocycles. The molecule has 4 rings (SSSR count). The Morgan fingerprint density at radius 1 is 1.17 bits per heavy atom. The molecular weight excluding hydrogens is 473 g/mol. The monoisotopic (exact) mass is 504 g/mol. The number of benzene rings is 2. The molecular formula is C26H31F3N4O3. The van der Waals surface area contributed by atoms with Gasteiger partial charge in [0, 0.05) is 32.6 Å². The van der Waals surface area contributed by atoms with Gasteiger partial charge < -0.3 is 19.3 Å². The number of hydrogen-bond acceptors (Lipinski definition) is 5. The predicted molar refractivity (Wildman–Crippen MR) is 129 cm³/mol. The van der Waals surface area contributed by atoms with Crippen molar-refractivity contribution >= 4 is 16.9 Å². The minimum Gasteiger partial charge on any atom is -0.494 e. The first-order valence-electron chi connectivity index (χ1n) is 12.1. The second-order valence-corrected chi connectivity index (χ2v) is 9.21. The van der Waals surface area contributed by atoms with E-state index in [9.17, 15) is 23.1 Å². The van der Waals surface area contributed by atoms with Crippen LogP contribution >= 0.6 is 0 Å². The lowest BCUT2D eigenvalue weighted by Gasteiger charge is -2.22. The number of rotatable bonds is 11. The molecule has 0 bridgehead atoms. The number of aromatic nitrogens is 2. The number of aliphatic hydroxyl groups excluding tert-OH is 1. The van der Waals surface area contributed by atoms with Crippen LogP contribution in [0.5, 0.6) is 5.75 Å². The van der Waals surface area contributed by atoms with Crippen LogP contribution in [-0.4, -0.2) is 69.8 Å². The summed E-state index contributed by atoms with van der Waals surface area (Å²) in [6, 6.07) is 14.0. The first kappa shape index (κ1) is 26.0. The van der Waals surface area contributed by atoms with Crippen LogP contribution in [0.2, 0.25) is 0 Å². The number of nitrogens with zero attached hydrogens (tertiary/aromatic N) is 4. The third-order valence-corrected chi connectivity index (χ3v) is 6.21. The fraction of sp³-hybridized carbons (Fsp3) is 0.462. The molecule has 1 aliphatic rings. The molecule has 1 aliphatic heterocycles. The molecule has 2 aromatic carbocycles. The maximum atomic E-state index is 13.5. The van der Waals surface area contributed by atoms with Crippen molar-refractivity contribution in [1.29, 1.82) is 0 Å². The molecule has 0 spiro atoms. The van der Waals surface area contributed by atoms with Gasteiger partial charge in [-0.2, -0.15) is 13.2 Å². The zero-order valence-electron chi connectivity index (χ0n) is 20.2. The van der Waals surface area contributed by atoms with Crippen molar-refractivity contribution in [2.45, 2.75) is 44.6 Å². The van der Waals surface area contributed by atoms with E-state index in [1.165, 1.54) is 6.07 Å². The smallest absolute Gasteiger partial charge is 0.449 e. The average Bonchev–Trinajstić information content (AvgIpc) is 3.41. The maximum Gasteiger partial charge on any atom is 0.449 e. The molecule has 1 N–H and O–H groups in total. The molecule has 1 aromatic heterocycles. The third kappa shape index (κ3) is 6.55. The number of hydrogen-bond donors (Lipinski definition) is 1. The Hall–Kier alpha value is -3.11. The highest BCUT2D eigenvalue weighted by Crippen LogP contribution is 2.31. The van der Waals surface area contributed by atoms with Crippen LogP contribution in [0.1, 0.15) is 30.7 Å². The quantitative estimate of drug-likeness (QED) is 0.401. The van der Waals surface area contributed by atoms with E-state index < -0.39 is 18.1 Å². The van der Waals surface area contributed by atoms with Crippen molar-refractivity contribution in [2.75, 3.05) is 33.3 Å². The lowest BCUT2D eigenvalue weighted by Crippen LogP contribution is -2.32. The summed E-state index contributed by atoms with van der Waals surface area (Å²) >= 11 is 0. The van der Waals surface area contributed by atoms with E-state index in [2.05, 4.69) is 4.98 Å². The van der Waals surface area contributed by atoms with E-state index in [0.717, 1.165) is 35.3 Å². The van der Waals surface area contributed by atoms with Gasteiger partial charge in [-0.3, -0.25) is 9.69 Å². The van der Waals surface area contributed by atoms with Gasteiger partial charge in [0.05, 0.1) is 30.3 Å². The Balaban J connectivity index is 1.26. The molecule has 1 fully saturated rings. The van der Waals surface area contributed by atoms with E-state index in [1.54, 1.807) is 18.2 Å². The Bertz CT molecular complexity index is 1160. The molecule has 1 atom stereocenters. The first-order valence-corrected chi connectivity index (χ1v) is 12.1. The molecule has 0 aliphatic carbocycles. The van der Waals surface area contributed by atoms with Gasteiger partial charge in [-0.25, -0.2) is 4.98 Å². The summed E-state index contributed by atoms with van der Waals surface area (Å²) in [4.78, 5) is 19.1. The van der Waals surface area contributed by atoms with Crippen molar-refractivity contribution in [3.63, 3.8) is 0 Å². The van der Waals surface area contributed by atoms with E-state index >= 15 is 0 Å². The summed E-state index contributed by atoms with van der Waals surface area (Å²) in [6.07, 6.45) is -3.28. The van der Waals surface area contributed by atoms with Gasteiger partial charge in [0.15, 0.2) is 0 Å². The molecule has 0 radical (unpaired) electrons. The maximum absolute atomic E-state index is 13.5. The molecule has 194 valence electrons. The van der Waals surface area contributed by atoms with Crippen LogP contribution in [0.15, 0.2) is 48.5 Å². The average molecular weight is 505 g/mol. The predicted octanol–water partition coefficient (Wildman–Crippen LogP) is 3.94. The van der Waals surface area contributed by atoms with Gasteiger partial charge in [-0.1, -0.05) is 24.3 Å². The van der Waals surface area contributed by atoms with Crippen molar-refractivity contribution in [3.8, 4) is 5.75 Å². The third-order valence-electron chi connectivity index (χ3n) is 6.21. The molecule has 3 aromatic rings. The number of amides is 1. The molecule has 2 heterocycles. The molecule has 0 unspecified atom stereocenters. The van der Waals surface area contributed by atoms with E-state index in [-0.39, 0.29) is 24.5 Å². The number of carbonyl (C=O) groups is 1. The van der Waals surface area contributed by atoms with Gasteiger partial charge in [0.25, 0.3) is 0 Å². The topological polar surface area (TPSA) is 70.8 Å². The summed E-state index contributed by atoms with van der Waals surface area (Å²) in [7, 11) is 1.81. The van der Waals surface area contributed by atoms with Crippen LogP contribution < -0.4 is 4.74 Å². The Kier molecular flexibility index (Phi) is 8.15. The molecule has 1 amide bonds. The number of ether oxygens (including phenoxy) is 1. The summed E-state index contributed by atoms with van der Waals surface area (Å²) in [5.41, 5.74) is 1.58. The van der Waals surface area contributed by atoms with Crippen LogP contribution in [0.25, 0.3) is 11.0 Å². The molecule has 0 saturated carbocycles. The minimum absolute atomic E-state index is 0.192. The number of imidazole rings is 1. The highest BCUT2D eigenvalue weighted by atomic mass is 19.4. The lowest BCUT2D eigenvalue weighted by molar-refractivity contribution is -0.147. The van der Waals surface area contributed by atoms with E-state index in [4.69, 9.17) is 4.74 Å². The van der Waals surface area contributed by atoms with Gasteiger partial charge in [0.1, 0.15) is 5.75 Å². The SMILES string of the molecule is CN(Cc1ccc(OCCCN2CCCC2=O)cc1)C[C@@H](O)Cn1c(C(F)(F)F)nc2ccccc21. The Labute approximate surface area is 208 Å². The zero-order chi connectivity index (χ0) is 25.7. The molecule has 10 heteroatoms. The fourth-order valence-electron chi connectivity index (χ4n) is 4.56. The number of likely N-dealkylation sites (N-methyl/N-ethyl adjacent to an activating group) is 1. The van der Waals surface area contributed by atoms with Crippen LogP contribution in [0, 0.1) is 0 Å². The van der Waals surface area contributed by atoms with E-state index in [0.29, 0.717) is 31.6 Å². The number of likely N-dealkylation sites (tertiary alicyclic amines) is 1. The van der Waals surface area contributed by atoms with Gasteiger partial charge in [0.2, 0.25) is 11.7 Å². The number of fused-ring (bicyclic) bond motifs is 1. The van der Waals surface area contributed by atoms with E-state index in [1.807, 2.05) is 41.1 Å². The van der Waals surface area contributed by atoms with Crippen molar-refractivity contribution in [1.82, 2.24) is 19.4 Å². The van der Waals surface area contributed by atoms with Crippen LogP contribution in [-0.2, 0) is 24.1 Å². The number of halogens is 3. The minimum atomic E-state index is -4.61. The molecule has 7 nitrogen and oxygen atoms in total. The largest absolute Gasteiger partial charge is 0.494 e. The lowest BCUT2D eigenvalue weighted by atomic mass is 10.2. The van der Waals surface area contributed by atoms with Gasteiger partial charge >= 0.3 is 6.18 Å². The van der Waals surface area contributed by atoms with Gasteiger partial charge in [-0.15, -0.1) is 0 Å². The molecule has 36 heavy (non-hydrogen) atoms. The number of para-hydroxylation sites is 2. The van der Waals surface area contributed by atoms with Crippen LogP contribution in [0.3, 0.4) is 0 Å². The highest BCUT2D eigenvalue weighted by molar-refractivity contribution is 5.78. The summed E-state index contributed by atoms with van der Waals surface area (Å²) in [5, 5.41) is 10.6. The Morgan fingerprint density at radius 3 is 2.61 bits per heavy atom. The van der Waals surface area contributed by atoms with Crippen molar-refractivity contribution < 1.29 is 27.8 Å². The Morgan fingerprint density at radius 2 is 1.92 bits per heavy atom. The van der Waals surface area contributed by atoms with Crippen molar-refractivity contribution in [3.05, 3.63) is 59.9 Å². The van der Waals surface area contributed by atoms with Crippen molar-refractivity contribution in [2.24, 2.45) is 0 Å². The fourth-order valence-corrected chi connectivity index (χ4v) is 4.56. The van der Waals surface area contributed by atoms with Gasteiger partial charge in [-0.05, 0) is 49.7 Å². The summed E-state index contributed by atoms with van der Waals surface area (Å²) < 4.78 is 47.3. The summed E-state index contributed by atoms with van der Waals surface area (Å²) in [6.45, 7) is 2.57.